The lowest BCUT2D eigenvalue weighted by Crippen LogP contribution is -2.02. The third-order valence-electron chi connectivity index (χ3n) is 2.31. The number of hydrogen-bond acceptors (Lipinski definition) is 3. The molecular weight excluding hydrogens is 256 g/mol. The minimum Gasteiger partial charge on any atom is -0.493 e. The molecule has 0 bridgehead atoms. The van der Waals surface area contributed by atoms with Gasteiger partial charge in [-0.2, -0.15) is 11.8 Å². The van der Waals surface area contributed by atoms with Gasteiger partial charge in [0.25, 0.3) is 0 Å². The minimum absolute atomic E-state index is 0.441. The van der Waals surface area contributed by atoms with Crippen molar-refractivity contribution in [3.63, 3.8) is 0 Å². The van der Waals surface area contributed by atoms with E-state index in [-0.39, 0.29) is 0 Å². The summed E-state index contributed by atoms with van der Waals surface area (Å²) in [5.74, 6) is 4.26. The molecule has 0 fully saturated rings. The van der Waals surface area contributed by atoms with Crippen LogP contribution in [0.3, 0.4) is 0 Å². The zero-order chi connectivity index (χ0) is 12.5. The second-order valence-electron chi connectivity index (χ2n) is 3.48. The molecule has 1 rings (SSSR count). The van der Waals surface area contributed by atoms with E-state index < -0.39 is 0 Å². The first kappa shape index (κ1) is 14.5. The molecule has 0 aromatic heterocycles. The first-order valence-electron chi connectivity index (χ1n) is 5.75. The lowest BCUT2D eigenvalue weighted by atomic mass is 10.2. The van der Waals surface area contributed by atoms with Crippen molar-refractivity contribution in [2.45, 2.75) is 19.2 Å². The molecule has 0 amide bonds. The maximum absolute atomic E-state index is 5.88. The standard InChI is InChI=1S/C13H19ClO2S/c1-3-17-9-5-8-16-13-11(10-14)6-4-7-12(13)15-2/h4,6-7H,3,5,8-10H2,1-2H3. The van der Waals surface area contributed by atoms with Gasteiger partial charge in [-0.15, -0.1) is 11.6 Å². The number of hydrogen-bond donors (Lipinski definition) is 0. The second kappa shape index (κ2) is 8.54. The summed E-state index contributed by atoms with van der Waals surface area (Å²) in [6.07, 6.45) is 1.04. The highest BCUT2D eigenvalue weighted by atomic mass is 35.5. The van der Waals surface area contributed by atoms with Crippen LogP contribution in [0, 0.1) is 0 Å². The van der Waals surface area contributed by atoms with Crippen LogP contribution in [-0.4, -0.2) is 25.2 Å². The van der Waals surface area contributed by atoms with Crippen molar-refractivity contribution in [3.8, 4) is 11.5 Å². The van der Waals surface area contributed by atoms with Gasteiger partial charge in [0, 0.05) is 5.56 Å². The van der Waals surface area contributed by atoms with Crippen LogP contribution in [0.4, 0.5) is 0 Å². The molecule has 17 heavy (non-hydrogen) atoms. The van der Waals surface area contributed by atoms with Gasteiger partial charge in [0.1, 0.15) is 0 Å². The fourth-order valence-electron chi connectivity index (χ4n) is 1.47. The fourth-order valence-corrected chi connectivity index (χ4v) is 2.29. The molecule has 0 heterocycles. The summed E-state index contributed by atoms with van der Waals surface area (Å²) in [6, 6.07) is 5.79. The Kier molecular flexibility index (Phi) is 7.29. The van der Waals surface area contributed by atoms with Crippen LogP contribution in [0.5, 0.6) is 11.5 Å². The van der Waals surface area contributed by atoms with Gasteiger partial charge in [-0.05, 0) is 24.0 Å². The maximum atomic E-state index is 5.88. The first-order chi connectivity index (χ1) is 8.33. The lowest BCUT2D eigenvalue weighted by Gasteiger charge is -2.13. The van der Waals surface area contributed by atoms with Gasteiger partial charge in [-0.25, -0.2) is 0 Å². The zero-order valence-corrected chi connectivity index (χ0v) is 11.9. The number of rotatable bonds is 8. The van der Waals surface area contributed by atoms with Crippen LogP contribution >= 0.6 is 23.4 Å². The van der Waals surface area contributed by atoms with E-state index in [0.717, 1.165) is 35.0 Å². The number of ether oxygens (including phenoxy) is 2. The van der Waals surface area contributed by atoms with Gasteiger partial charge in [0.05, 0.1) is 19.6 Å². The van der Waals surface area contributed by atoms with Crippen LogP contribution < -0.4 is 9.47 Å². The Morgan fingerprint density at radius 2 is 2.18 bits per heavy atom. The van der Waals surface area contributed by atoms with E-state index in [2.05, 4.69) is 6.92 Å². The smallest absolute Gasteiger partial charge is 0.165 e. The predicted molar refractivity (Wildman–Crippen MR) is 75.7 cm³/mol. The van der Waals surface area contributed by atoms with Gasteiger partial charge in [-0.3, -0.25) is 0 Å². The van der Waals surface area contributed by atoms with Crippen LogP contribution in [0.15, 0.2) is 18.2 Å². The summed E-state index contributed by atoms with van der Waals surface area (Å²) in [4.78, 5) is 0. The number of thioether (sulfide) groups is 1. The molecular formula is C13H19ClO2S. The van der Waals surface area contributed by atoms with Gasteiger partial charge < -0.3 is 9.47 Å². The summed E-state index contributed by atoms with van der Waals surface area (Å²) in [5.41, 5.74) is 0.981. The molecule has 4 heteroatoms. The van der Waals surface area contributed by atoms with Crippen LogP contribution in [-0.2, 0) is 5.88 Å². The number of para-hydroxylation sites is 1. The molecule has 1 aromatic rings. The average Bonchev–Trinajstić information content (AvgIpc) is 2.38. The van der Waals surface area contributed by atoms with Crippen LogP contribution in [0.25, 0.3) is 0 Å². The number of benzene rings is 1. The van der Waals surface area contributed by atoms with E-state index in [1.807, 2.05) is 30.0 Å². The van der Waals surface area contributed by atoms with Crippen molar-refractivity contribution >= 4 is 23.4 Å². The van der Waals surface area contributed by atoms with Crippen molar-refractivity contribution in [1.82, 2.24) is 0 Å². The highest BCUT2D eigenvalue weighted by Gasteiger charge is 2.09. The van der Waals surface area contributed by atoms with Crippen molar-refractivity contribution < 1.29 is 9.47 Å². The Hall–Kier alpha value is -0.540. The summed E-state index contributed by atoms with van der Waals surface area (Å²) in [6.45, 7) is 2.87. The molecule has 0 N–H and O–H groups in total. The third kappa shape index (κ3) is 4.68. The van der Waals surface area contributed by atoms with E-state index in [0.29, 0.717) is 12.5 Å². The van der Waals surface area contributed by atoms with E-state index in [4.69, 9.17) is 21.1 Å². The zero-order valence-electron chi connectivity index (χ0n) is 10.4. The number of alkyl halides is 1. The molecule has 96 valence electrons. The van der Waals surface area contributed by atoms with E-state index >= 15 is 0 Å². The molecule has 0 saturated heterocycles. The molecule has 0 aliphatic carbocycles. The minimum atomic E-state index is 0.441. The van der Waals surface area contributed by atoms with Crippen molar-refractivity contribution in [2.75, 3.05) is 25.2 Å². The monoisotopic (exact) mass is 274 g/mol. The van der Waals surface area contributed by atoms with Crippen LogP contribution in [0.2, 0.25) is 0 Å². The molecule has 0 spiro atoms. The second-order valence-corrected chi connectivity index (χ2v) is 5.14. The van der Waals surface area contributed by atoms with Crippen molar-refractivity contribution in [3.05, 3.63) is 23.8 Å². The van der Waals surface area contributed by atoms with Gasteiger partial charge in [0.15, 0.2) is 11.5 Å². The van der Waals surface area contributed by atoms with Crippen molar-refractivity contribution in [1.29, 1.82) is 0 Å². The highest BCUT2D eigenvalue weighted by molar-refractivity contribution is 7.99. The lowest BCUT2D eigenvalue weighted by molar-refractivity contribution is 0.293. The highest BCUT2D eigenvalue weighted by Crippen LogP contribution is 2.32. The van der Waals surface area contributed by atoms with Gasteiger partial charge in [0.2, 0.25) is 0 Å². The van der Waals surface area contributed by atoms with Crippen LogP contribution in [0.1, 0.15) is 18.9 Å². The number of methoxy groups -OCH3 is 1. The topological polar surface area (TPSA) is 18.5 Å². The SMILES string of the molecule is CCSCCCOc1c(CCl)cccc1OC. The molecule has 0 radical (unpaired) electrons. The normalized spacial score (nSPS) is 10.3. The Labute approximate surface area is 113 Å². The Morgan fingerprint density at radius 1 is 1.35 bits per heavy atom. The molecule has 1 aromatic carbocycles. The summed E-state index contributed by atoms with van der Waals surface area (Å²) in [7, 11) is 1.65. The Morgan fingerprint density at radius 3 is 2.82 bits per heavy atom. The largest absolute Gasteiger partial charge is 0.493 e. The molecule has 0 atom stereocenters. The molecule has 0 saturated carbocycles. The molecule has 2 nitrogen and oxygen atoms in total. The molecule has 0 aliphatic heterocycles. The third-order valence-corrected chi connectivity index (χ3v) is 3.58. The van der Waals surface area contributed by atoms with Gasteiger partial charge >= 0.3 is 0 Å². The summed E-state index contributed by atoms with van der Waals surface area (Å²) < 4.78 is 11.1. The average molecular weight is 275 g/mol. The predicted octanol–water partition coefficient (Wildman–Crippen LogP) is 3.96. The first-order valence-corrected chi connectivity index (χ1v) is 7.44. The van der Waals surface area contributed by atoms with Gasteiger partial charge in [-0.1, -0.05) is 19.1 Å². The van der Waals surface area contributed by atoms with Crippen molar-refractivity contribution in [2.24, 2.45) is 0 Å². The quantitative estimate of drug-likeness (QED) is 0.528. The molecule has 0 unspecified atom stereocenters. The maximum Gasteiger partial charge on any atom is 0.165 e. The summed E-state index contributed by atoms with van der Waals surface area (Å²) >= 11 is 7.81. The summed E-state index contributed by atoms with van der Waals surface area (Å²) in [5, 5.41) is 0. The Balaban J connectivity index is 2.55. The Bertz CT molecular complexity index is 309. The van der Waals surface area contributed by atoms with E-state index in [1.165, 1.54) is 0 Å². The van der Waals surface area contributed by atoms with E-state index in [9.17, 15) is 0 Å². The number of halogens is 1. The molecule has 0 aliphatic rings. The fraction of sp³-hybridized carbons (Fsp3) is 0.538. The van der Waals surface area contributed by atoms with E-state index in [1.54, 1.807) is 7.11 Å².